The highest BCUT2D eigenvalue weighted by Crippen LogP contribution is 2.27. The Labute approximate surface area is 122 Å². The van der Waals surface area contributed by atoms with Gasteiger partial charge in [0.05, 0.1) is 5.69 Å². The van der Waals surface area contributed by atoms with E-state index >= 15 is 0 Å². The Morgan fingerprint density at radius 2 is 1.73 bits per heavy atom. The van der Waals surface area contributed by atoms with Gasteiger partial charge in [0.15, 0.2) is 11.6 Å². The number of sulfonamides is 1. The van der Waals surface area contributed by atoms with E-state index in [9.17, 15) is 21.6 Å². The molecule has 0 saturated carbocycles. The fourth-order valence-corrected chi connectivity index (χ4v) is 2.78. The molecule has 3 aromatic rings. The second kappa shape index (κ2) is 4.82. The van der Waals surface area contributed by atoms with Crippen LogP contribution in [0.3, 0.4) is 0 Å². The number of nitrogens with two attached hydrogens (primary N) is 1. The molecule has 0 fully saturated rings. The number of pyridine rings is 1. The van der Waals surface area contributed by atoms with Crippen molar-refractivity contribution in [2.24, 2.45) is 5.14 Å². The molecule has 2 heterocycles. The van der Waals surface area contributed by atoms with E-state index in [2.05, 4.69) is 9.97 Å². The number of nitrogens with zero attached hydrogens (tertiary/aromatic N) is 1. The average molecular weight is 327 g/mol. The lowest BCUT2D eigenvalue weighted by Gasteiger charge is -2.04. The van der Waals surface area contributed by atoms with Crippen molar-refractivity contribution in [1.82, 2.24) is 9.97 Å². The predicted octanol–water partition coefficient (Wildman–Crippen LogP) is 2.29. The lowest BCUT2D eigenvalue weighted by atomic mass is 10.1. The van der Waals surface area contributed by atoms with Crippen molar-refractivity contribution >= 4 is 21.1 Å². The molecule has 3 N–H and O–H groups in total. The number of rotatable bonds is 2. The van der Waals surface area contributed by atoms with E-state index in [1.165, 1.54) is 12.1 Å². The molecule has 2 aromatic heterocycles. The summed E-state index contributed by atoms with van der Waals surface area (Å²) >= 11 is 0. The number of fused-ring (bicyclic) bond motifs is 1. The second-order valence-electron chi connectivity index (χ2n) is 4.54. The molecule has 0 aliphatic rings. The number of benzene rings is 1. The second-order valence-corrected chi connectivity index (χ2v) is 6.07. The summed E-state index contributed by atoms with van der Waals surface area (Å²) in [6.45, 7) is 0. The maximum atomic E-state index is 13.7. The molecule has 0 spiro atoms. The third-order valence-corrected chi connectivity index (χ3v) is 4.04. The van der Waals surface area contributed by atoms with Crippen LogP contribution in [0.5, 0.6) is 0 Å². The third-order valence-electron chi connectivity index (χ3n) is 3.09. The van der Waals surface area contributed by atoms with Gasteiger partial charge in [-0.15, -0.1) is 0 Å². The molecular formula is C13H8F3N3O2S. The van der Waals surface area contributed by atoms with Gasteiger partial charge in [0.2, 0.25) is 10.0 Å². The Hall–Kier alpha value is -2.39. The van der Waals surface area contributed by atoms with Gasteiger partial charge < -0.3 is 4.98 Å². The first-order chi connectivity index (χ1) is 10.3. The summed E-state index contributed by atoms with van der Waals surface area (Å²) in [4.78, 5) is 6.44. The molecule has 0 radical (unpaired) electrons. The first-order valence-corrected chi connectivity index (χ1v) is 7.48. The number of hydrogen-bond donors (Lipinski definition) is 2. The minimum Gasteiger partial charge on any atom is -0.345 e. The molecule has 22 heavy (non-hydrogen) atoms. The first kappa shape index (κ1) is 14.5. The van der Waals surface area contributed by atoms with Gasteiger partial charge in [-0.1, -0.05) is 0 Å². The van der Waals surface area contributed by atoms with Crippen LogP contribution in [-0.4, -0.2) is 18.4 Å². The number of H-pyrrole nitrogens is 1. The highest BCUT2D eigenvalue weighted by Gasteiger charge is 2.17. The summed E-state index contributed by atoms with van der Waals surface area (Å²) in [6, 6.07) is 3.75. The largest absolute Gasteiger partial charge is 0.345 e. The molecule has 0 atom stereocenters. The maximum absolute atomic E-state index is 13.7. The molecular weight excluding hydrogens is 319 g/mol. The van der Waals surface area contributed by atoms with Gasteiger partial charge >= 0.3 is 0 Å². The minimum absolute atomic E-state index is 0.0201. The molecule has 1 aromatic carbocycles. The first-order valence-electron chi connectivity index (χ1n) is 5.93. The summed E-state index contributed by atoms with van der Waals surface area (Å²) in [6.07, 6.45) is 1.15. The normalized spacial score (nSPS) is 12.0. The monoisotopic (exact) mass is 327 g/mol. The van der Waals surface area contributed by atoms with Crippen LogP contribution in [0.1, 0.15) is 0 Å². The number of aromatic nitrogens is 2. The van der Waals surface area contributed by atoms with E-state index in [-0.39, 0.29) is 27.2 Å². The van der Waals surface area contributed by atoms with Gasteiger partial charge in [0.25, 0.3) is 0 Å². The molecule has 114 valence electrons. The zero-order chi connectivity index (χ0) is 16.1. The number of hydrogen-bond acceptors (Lipinski definition) is 3. The fourth-order valence-electron chi connectivity index (χ4n) is 2.08. The van der Waals surface area contributed by atoms with E-state index in [4.69, 9.17) is 5.14 Å². The molecule has 0 saturated heterocycles. The Morgan fingerprint density at radius 1 is 1.05 bits per heavy atom. The molecule has 0 amide bonds. The van der Waals surface area contributed by atoms with E-state index in [1.807, 2.05) is 0 Å². The van der Waals surface area contributed by atoms with E-state index in [1.54, 1.807) is 0 Å². The molecule has 3 rings (SSSR count). The number of aromatic amines is 1. The van der Waals surface area contributed by atoms with Crippen molar-refractivity contribution < 1.29 is 21.6 Å². The van der Waals surface area contributed by atoms with Crippen molar-refractivity contribution in [3.05, 3.63) is 47.9 Å². The highest BCUT2D eigenvalue weighted by molar-refractivity contribution is 7.89. The molecule has 5 nitrogen and oxygen atoms in total. The van der Waals surface area contributed by atoms with Crippen LogP contribution in [0.4, 0.5) is 13.2 Å². The van der Waals surface area contributed by atoms with Gasteiger partial charge in [0.1, 0.15) is 16.4 Å². The predicted molar refractivity (Wildman–Crippen MR) is 72.8 cm³/mol. The zero-order valence-corrected chi connectivity index (χ0v) is 11.6. The zero-order valence-electron chi connectivity index (χ0n) is 10.8. The lowest BCUT2D eigenvalue weighted by Crippen LogP contribution is -2.11. The molecule has 9 heteroatoms. The van der Waals surface area contributed by atoms with Crippen LogP contribution in [0.2, 0.25) is 0 Å². The van der Waals surface area contributed by atoms with Crippen LogP contribution in [0, 0.1) is 17.5 Å². The molecule has 0 unspecified atom stereocenters. The van der Waals surface area contributed by atoms with E-state index in [0.29, 0.717) is 12.1 Å². The Kier molecular flexibility index (Phi) is 3.18. The Bertz CT molecular complexity index is 999. The maximum Gasteiger partial charge on any atom is 0.240 e. The fraction of sp³-hybridized carbons (Fsp3) is 0. The quantitative estimate of drug-likeness (QED) is 0.708. The van der Waals surface area contributed by atoms with Crippen LogP contribution in [0.25, 0.3) is 22.3 Å². The van der Waals surface area contributed by atoms with Crippen molar-refractivity contribution in [3.63, 3.8) is 0 Å². The van der Waals surface area contributed by atoms with Crippen molar-refractivity contribution in [2.45, 2.75) is 4.90 Å². The summed E-state index contributed by atoms with van der Waals surface area (Å²) in [5.41, 5.74) is -0.0927. The Morgan fingerprint density at radius 3 is 2.41 bits per heavy atom. The van der Waals surface area contributed by atoms with E-state index in [0.717, 1.165) is 6.20 Å². The summed E-state index contributed by atoms with van der Waals surface area (Å²) in [7, 11) is -3.94. The van der Waals surface area contributed by atoms with Crippen LogP contribution in [0.15, 0.2) is 35.4 Å². The molecule has 0 aliphatic carbocycles. The third kappa shape index (κ3) is 2.34. The standard InChI is InChI=1S/C13H8F3N3O2S/c14-8-4-10(16)9(15)3-7(8)11-2-1-6-12(22(17,20)21)5-18-13(6)19-11/h1-5H,(H,18,19)(H2,17,20,21). The molecule has 0 bridgehead atoms. The van der Waals surface area contributed by atoms with Gasteiger partial charge in [0, 0.05) is 23.2 Å². The highest BCUT2D eigenvalue weighted by atomic mass is 32.2. The average Bonchev–Trinajstić information content (AvgIpc) is 2.85. The van der Waals surface area contributed by atoms with E-state index < -0.39 is 27.5 Å². The van der Waals surface area contributed by atoms with Crippen molar-refractivity contribution in [2.75, 3.05) is 0 Å². The minimum atomic E-state index is -3.94. The summed E-state index contributed by atoms with van der Waals surface area (Å²) in [5, 5.41) is 5.27. The summed E-state index contributed by atoms with van der Waals surface area (Å²) in [5.74, 6) is -3.50. The van der Waals surface area contributed by atoms with Gasteiger partial charge in [-0.3, -0.25) is 0 Å². The lowest BCUT2D eigenvalue weighted by molar-refractivity contribution is 0.496. The summed E-state index contributed by atoms with van der Waals surface area (Å²) < 4.78 is 62.7. The topological polar surface area (TPSA) is 88.8 Å². The SMILES string of the molecule is NS(=O)(=O)c1c[nH]c2nc(-c3cc(F)c(F)cc3F)ccc12. The van der Waals surface area contributed by atoms with Gasteiger partial charge in [-0.25, -0.2) is 31.7 Å². The Balaban J connectivity index is 2.21. The van der Waals surface area contributed by atoms with Gasteiger partial charge in [-0.2, -0.15) is 0 Å². The number of halogens is 3. The van der Waals surface area contributed by atoms with Crippen molar-refractivity contribution in [3.8, 4) is 11.3 Å². The van der Waals surface area contributed by atoms with Crippen LogP contribution >= 0.6 is 0 Å². The van der Waals surface area contributed by atoms with Crippen molar-refractivity contribution in [1.29, 1.82) is 0 Å². The number of primary sulfonamides is 1. The number of nitrogens with one attached hydrogen (secondary N) is 1. The smallest absolute Gasteiger partial charge is 0.240 e. The molecule has 0 aliphatic heterocycles. The van der Waals surface area contributed by atoms with Gasteiger partial charge in [-0.05, 0) is 18.2 Å². The van der Waals surface area contributed by atoms with Crippen LogP contribution < -0.4 is 5.14 Å². The van der Waals surface area contributed by atoms with Crippen LogP contribution in [-0.2, 0) is 10.0 Å².